The average Bonchev–Trinajstić information content (AvgIpc) is 2.80. The molecule has 0 bridgehead atoms. The minimum absolute atomic E-state index is 0.143. The number of fused-ring (bicyclic) bond motifs is 1. The summed E-state index contributed by atoms with van der Waals surface area (Å²) in [4.78, 5) is 16.9. The zero-order chi connectivity index (χ0) is 13.2. The minimum atomic E-state index is -0.143. The van der Waals surface area contributed by atoms with Crippen molar-refractivity contribution in [3.05, 3.63) is 34.2 Å². The molecule has 2 aromatic rings. The van der Waals surface area contributed by atoms with E-state index < -0.39 is 0 Å². The van der Waals surface area contributed by atoms with Crippen LogP contribution in [0.3, 0.4) is 0 Å². The van der Waals surface area contributed by atoms with Gasteiger partial charge in [-0.15, -0.1) is 0 Å². The summed E-state index contributed by atoms with van der Waals surface area (Å²) in [5.41, 5.74) is 2.86. The topological polar surface area (TPSA) is 72.7 Å². The van der Waals surface area contributed by atoms with Crippen molar-refractivity contribution < 1.29 is 0 Å². The number of piperidine rings is 1. The van der Waals surface area contributed by atoms with Gasteiger partial charge in [-0.05, 0) is 56.6 Å². The zero-order valence-corrected chi connectivity index (χ0v) is 11.1. The van der Waals surface area contributed by atoms with E-state index in [1.54, 1.807) is 0 Å². The van der Waals surface area contributed by atoms with Gasteiger partial charge in [-0.3, -0.25) is 0 Å². The van der Waals surface area contributed by atoms with E-state index in [9.17, 15) is 4.79 Å². The van der Waals surface area contributed by atoms with Gasteiger partial charge in [0, 0.05) is 6.04 Å². The molecule has 0 spiro atoms. The second-order valence-electron chi connectivity index (χ2n) is 5.24. The number of imidazole rings is 1. The van der Waals surface area contributed by atoms with Gasteiger partial charge < -0.3 is 20.6 Å². The Balaban J connectivity index is 1.93. The number of aromatic nitrogens is 2. The van der Waals surface area contributed by atoms with Gasteiger partial charge in [0.2, 0.25) is 0 Å². The predicted molar refractivity (Wildman–Crippen MR) is 76.3 cm³/mol. The SMILES string of the molecule is CNC(c1ccc2[nH]c(=O)[nH]c2c1)C1CCNCC1. The summed E-state index contributed by atoms with van der Waals surface area (Å²) in [6.07, 6.45) is 2.38. The van der Waals surface area contributed by atoms with Crippen LogP contribution >= 0.6 is 0 Å². The molecule has 0 aliphatic carbocycles. The predicted octanol–water partition coefficient (Wildman–Crippen LogP) is 1.12. The molecule has 1 aliphatic heterocycles. The first-order valence-corrected chi connectivity index (χ1v) is 6.88. The molecule has 1 fully saturated rings. The Kier molecular flexibility index (Phi) is 3.40. The molecule has 0 radical (unpaired) electrons. The number of aromatic amines is 2. The van der Waals surface area contributed by atoms with E-state index in [0.29, 0.717) is 12.0 Å². The Morgan fingerprint density at radius 3 is 2.68 bits per heavy atom. The van der Waals surface area contributed by atoms with Crippen molar-refractivity contribution >= 4 is 11.0 Å². The standard InChI is InChI=1S/C14H20N4O/c1-15-13(9-4-6-16-7-5-9)10-2-3-11-12(8-10)18-14(19)17-11/h2-3,8-9,13,15-16H,4-7H2,1H3,(H2,17,18,19). The maximum Gasteiger partial charge on any atom is 0.323 e. The minimum Gasteiger partial charge on any atom is -0.317 e. The van der Waals surface area contributed by atoms with Gasteiger partial charge in [0.15, 0.2) is 0 Å². The first-order valence-electron chi connectivity index (χ1n) is 6.88. The Labute approximate surface area is 111 Å². The molecule has 5 nitrogen and oxygen atoms in total. The lowest BCUT2D eigenvalue weighted by atomic mass is 9.86. The van der Waals surface area contributed by atoms with E-state index in [-0.39, 0.29) is 5.69 Å². The molecule has 102 valence electrons. The summed E-state index contributed by atoms with van der Waals surface area (Å²) in [5, 5.41) is 6.83. The molecule has 4 N–H and O–H groups in total. The fourth-order valence-corrected chi connectivity index (χ4v) is 3.10. The summed E-state index contributed by atoms with van der Waals surface area (Å²) in [6, 6.07) is 6.52. The van der Waals surface area contributed by atoms with E-state index >= 15 is 0 Å². The summed E-state index contributed by atoms with van der Waals surface area (Å²) in [5.74, 6) is 0.648. The molecular weight excluding hydrogens is 240 g/mol. The second-order valence-corrected chi connectivity index (χ2v) is 5.24. The maximum absolute atomic E-state index is 11.3. The fourth-order valence-electron chi connectivity index (χ4n) is 3.10. The molecule has 1 saturated heterocycles. The van der Waals surface area contributed by atoms with Crippen molar-refractivity contribution in [2.24, 2.45) is 5.92 Å². The number of H-pyrrole nitrogens is 2. The highest BCUT2D eigenvalue weighted by Crippen LogP contribution is 2.29. The molecular formula is C14H20N4O. The highest BCUT2D eigenvalue weighted by molar-refractivity contribution is 5.75. The molecule has 1 aromatic heterocycles. The molecule has 1 atom stereocenters. The van der Waals surface area contributed by atoms with Crippen molar-refractivity contribution in [3.8, 4) is 0 Å². The number of hydrogen-bond donors (Lipinski definition) is 4. The van der Waals surface area contributed by atoms with Crippen molar-refractivity contribution in [2.75, 3.05) is 20.1 Å². The lowest BCUT2D eigenvalue weighted by Crippen LogP contribution is -2.35. The number of nitrogens with one attached hydrogen (secondary N) is 4. The summed E-state index contributed by atoms with van der Waals surface area (Å²) in [6.45, 7) is 2.18. The van der Waals surface area contributed by atoms with E-state index in [0.717, 1.165) is 24.1 Å². The third-order valence-electron chi connectivity index (χ3n) is 4.07. The van der Waals surface area contributed by atoms with Gasteiger partial charge >= 0.3 is 5.69 Å². The normalized spacial score (nSPS) is 18.8. The van der Waals surface area contributed by atoms with Gasteiger partial charge in [-0.2, -0.15) is 0 Å². The molecule has 3 rings (SSSR count). The third kappa shape index (κ3) is 2.43. The van der Waals surface area contributed by atoms with Gasteiger partial charge in [0.25, 0.3) is 0 Å². The van der Waals surface area contributed by atoms with E-state index in [4.69, 9.17) is 0 Å². The number of benzene rings is 1. The van der Waals surface area contributed by atoms with E-state index in [2.05, 4.69) is 32.7 Å². The third-order valence-corrected chi connectivity index (χ3v) is 4.07. The van der Waals surface area contributed by atoms with Crippen LogP contribution in [0.25, 0.3) is 11.0 Å². The molecule has 1 aromatic carbocycles. The number of rotatable bonds is 3. The van der Waals surface area contributed by atoms with Crippen LogP contribution in [0.2, 0.25) is 0 Å². The second kappa shape index (κ2) is 5.19. The first kappa shape index (κ1) is 12.4. The smallest absolute Gasteiger partial charge is 0.317 e. The highest BCUT2D eigenvalue weighted by atomic mass is 16.1. The molecule has 1 unspecified atom stereocenters. The fraction of sp³-hybridized carbons (Fsp3) is 0.500. The summed E-state index contributed by atoms with van der Waals surface area (Å²) >= 11 is 0. The average molecular weight is 260 g/mol. The van der Waals surface area contributed by atoms with Crippen LogP contribution < -0.4 is 16.3 Å². The molecule has 2 heterocycles. The lowest BCUT2D eigenvalue weighted by molar-refractivity contribution is 0.294. The molecule has 0 amide bonds. The van der Waals surface area contributed by atoms with Crippen LogP contribution in [-0.2, 0) is 0 Å². The van der Waals surface area contributed by atoms with Crippen LogP contribution in [-0.4, -0.2) is 30.1 Å². The Morgan fingerprint density at radius 2 is 1.95 bits per heavy atom. The van der Waals surface area contributed by atoms with Gasteiger partial charge in [0.1, 0.15) is 0 Å². The monoisotopic (exact) mass is 260 g/mol. The Morgan fingerprint density at radius 1 is 1.21 bits per heavy atom. The van der Waals surface area contributed by atoms with Crippen LogP contribution in [0.15, 0.2) is 23.0 Å². The van der Waals surface area contributed by atoms with Crippen molar-refractivity contribution in [1.82, 2.24) is 20.6 Å². The van der Waals surface area contributed by atoms with Gasteiger partial charge in [0.05, 0.1) is 11.0 Å². The van der Waals surface area contributed by atoms with E-state index in [1.165, 1.54) is 18.4 Å². The summed E-state index contributed by atoms with van der Waals surface area (Å²) in [7, 11) is 2.01. The molecule has 1 aliphatic rings. The van der Waals surface area contributed by atoms with Crippen LogP contribution in [0, 0.1) is 5.92 Å². The Bertz CT molecular complexity index is 609. The number of hydrogen-bond acceptors (Lipinski definition) is 3. The quantitative estimate of drug-likeness (QED) is 0.668. The van der Waals surface area contributed by atoms with Crippen LogP contribution in [0.4, 0.5) is 0 Å². The Hall–Kier alpha value is -1.59. The molecule has 19 heavy (non-hydrogen) atoms. The zero-order valence-electron chi connectivity index (χ0n) is 11.1. The lowest BCUT2D eigenvalue weighted by Gasteiger charge is -2.30. The summed E-state index contributed by atoms with van der Waals surface area (Å²) < 4.78 is 0. The largest absolute Gasteiger partial charge is 0.323 e. The highest BCUT2D eigenvalue weighted by Gasteiger charge is 2.23. The van der Waals surface area contributed by atoms with Crippen molar-refractivity contribution in [2.45, 2.75) is 18.9 Å². The van der Waals surface area contributed by atoms with E-state index in [1.807, 2.05) is 13.1 Å². The van der Waals surface area contributed by atoms with Crippen molar-refractivity contribution in [3.63, 3.8) is 0 Å². The first-order chi connectivity index (χ1) is 9.28. The molecule has 5 heteroatoms. The molecule has 0 saturated carbocycles. The van der Waals surface area contributed by atoms with Crippen LogP contribution in [0.1, 0.15) is 24.4 Å². The van der Waals surface area contributed by atoms with Gasteiger partial charge in [-0.1, -0.05) is 6.07 Å². The maximum atomic E-state index is 11.3. The van der Waals surface area contributed by atoms with Crippen molar-refractivity contribution in [1.29, 1.82) is 0 Å². The van der Waals surface area contributed by atoms with Gasteiger partial charge in [-0.25, -0.2) is 4.79 Å². The van der Waals surface area contributed by atoms with Crippen LogP contribution in [0.5, 0.6) is 0 Å².